The lowest BCUT2D eigenvalue weighted by Gasteiger charge is -2.10. The van der Waals surface area contributed by atoms with Gasteiger partial charge in [0.15, 0.2) is 0 Å². The first-order chi connectivity index (χ1) is 8.34. The minimum absolute atomic E-state index is 0.482. The van der Waals surface area contributed by atoms with Crippen LogP contribution in [0.15, 0.2) is 24.3 Å². The number of benzene rings is 1. The Kier molecular flexibility index (Phi) is 2.73. The van der Waals surface area contributed by atoms with Gasteiger partial charge in [0.25, 0.3) is 0 Å². The number of hydrogen-bond acceptors (Lipinski definition) is 3. The van der Waals surface area contributed by atoms with Gasteiger partial charge in [-0.25, -0.2) is 0 Å². The highest BCUT2D eigenvalue weighted by Gasteiger charge is 2.16. The molecule has 3 rings (SSSR count). The topological polar surface area (TPSA) is 39.1 Å². The van der Waals surface area contributed by atoms with E-state index >= 15 is 0 Å². The molecular formula is C13H17N3O. The third-order valence-corrected chi connectivity index (χ3v) is 3.31. The first kappa shape index (κ1) is 10.6. The number of para-hydroxylation sites is 1. The molecule has 1 N–H and O–H groups in total. The van der Waals surface area contributed by atoms with Crippen LogP contribution in [0.2, 0.25) is 0 Å². The number of rotatable bonds is 3. The molecule has 1 atom stereocenters. The maximum Gasteiger partial charge on any atom is 0.240 e. The van der Waals surface area contributed by atoms with Crippen LogP contribution < -0.4 is 10.1 Å². The molecule has 1 aromatic carbocycles. The first-order valence-corrected chi connectivity index (χ1v) is 6.12. The molecular weight excluding hydrogens is 214 g/mol. The average molecular weight is 231 g/mol. The molecule has 0 spiro atoms. The fourth-order valence-corrected chi connectivity index (χ4v) is 2.37. The number of ether oxygens (including phenoxy) is 1. The van der Waals surface area contributed by atoms with E-state index < -0.39 is 0 Å². The third-order valence-electron chi connectivity index (χ3n) is 3.31. The van der Waals surface area contributed by atoms with Crippen LogP contribution in [0, 0.1) is 0 Å². The molecule has 1 unspecified atom stereocenters. The molecule has 2 heterocycles. The van der Waals surface area contributed by atoms with Crippen LogP contribution >= 0.6 is 0 Å². The monoisotopic (exact) mass is 231 g/mol. The number of aryl methyl sites for hydroxylation is 1. The molecule has 0 amide bonds. The van der Waals surface area contributed by atoms with Crippen LogP contribution in [-0.2, 0) is 7.05 Å². The van der Waals surface area contributed by atoms with Crippen molar-refractivity contribution in [3.63, 3.8) is 0 Å². The molecule has 1 fully saturated rings. The van der Waals surface area contributed by atoms with E-state index in [4.69, 9.17) is 4.74 Å². The normalized spacial score (nSPS) is 19.9. The summed E-state index contributed by atoms with van der Waals surface area (Å²) in [6, 6.07) is 8.63. The standard InChI is InChI=1S/C13H17N3O/c1-16-12-7-3-2-6-11(12)13(15-16)17-9-10-5-4-8-14-10/h2-3,6-7,10,14H,4-5,8-9H2,1H3. The maximum atomic E-state index is 5.83. The molecule has 4 heteroatoms. The molecule has 4 nitrogen and oxygen atoms in total. The summed E-state index contributed by atoms with van der Waals surface area (Å²) < 4.78 is 7.70. The first-order valence-electron chi connectivity index (χ1n) is 6.12. The lowest BCUT2D eigenvalue weighted by molar-refractivity contribution is 0.268. The lowest BCUT2D eigenvalue weighted by Crippen LogP contribution is -2.28. The van der Waals surface area contributed by atoms with E-state index in [-0.39, 0.29) is 0 Å². The van der Waals surface area contributed by atoms with Gasteiger partial charge in [-0.05, 0) is 31.5 Å². The second-order valence-corrected chi connectivity index (χ2v) is 4.55. The van der Waals surface area contributed by atoms with Crippen LogP contribution in [0.5, 0.6) is 5.88 Å². The lowest BCUT2D eigenvalue weighted by atomic mass is 10.2. The molecule has 1 aromatic heterocycles. The van der Waals surface area contributed by atoms with E-state index in [9.17, 15) is 0 Å². The van der Waals surface area contributed by atoms with Crippen molar-refractivity contribution in [3.05, 3.63) is 24.3 Å². The van der Waals surface area contributed by atoms with Gasteiger partial charge in [0, 0.05) is 13.1 Å². The van der Waals surface area contributed by atoms with Gasteiger partial charge in [-0.1, -0.05) is 12.1 Å². The van der Waals surface area contributed by atoms with Crippen molar-refractivity contribution >= 4 is 10.9 Å². The maximum absolute atomic E-state index is 5.83. The fraction of sp³-hybridized carbons (Fsp3) is 0.462. The van der Waals surface area contributed by atoms with Crippen LogP contribution in [0.25, 0.3) is 10.9 Å². The Bertz CT molecular complexity index is 514. The second kappa shape index (κ2) is 4.37. The summed E-state index contributed by atoms with van der Waals surface area (Å²) in [6.45, 7) is 1.82. The molecule has 1 aliphatic heterocycles. The smallest absolute Gasteiger partial charge is 0.240 e. The van der Waals surface area contributed by atoms with Crippen molar-refractivity contribution in [1.29, 1.82) is 0 Å². The van der Waals surface area contributed by atoms with Crippen molar-refractivity contribution in [2.45, 2.75) is 18.9 Å². The average Bonchev–Trinajstić information content (AvgIpc) is 2.96. The van der Waals surface area contributed by atoms with Gasteiger partial charge >= 0.3 is 0 Å². The highest BCUT2D eigenvalue weighted by atomic mass is 16.5. The van der Waals surface area contributed by atoms with Crippen molar-refractivity contribution in [2.75, 3.05) is 13.2 Å². The number of nitrogens with one attached hydrogen (secondary N) is 1. The summed E-state index contributed by atoms with van der Waals surface area (Å²) in [6.07, 6.45) is 2.45. The Labute approximate surface area is 101 Å². The number of hydrogen-bond donors (Lipinski definition) is 1. The van der Waals surface area contributed by atoms with Gasteiger partial charge in [-0.15, -0.1) is 5.10 Å². The van der Waals surface area contributed by atoms with Crippen molar-refractivity contribution in [3.8, 4) is 5.88 Å². The summed E-state index contributed by atoms with van der Waals surface area (Å²) >= 11 is 0. The molecule has 0 aliphatic carbocycles. The minimum Gasteiger partial charge on any atom is -0.475 e. The van der Waals surface area contributed by atoms with Crippen LogP contribution in [0.1, 0.15) is 12.8 Å². The quantitative estimate of drug-likeness (QED) is 0.874. The van der Waals surface area contributed by atoms with Crippen LogP contribution in [-0.4, -0.2) is 29.0 Å². The number of nitrogens with zero attached hydrogens (tertiary/aromatic N) is 2. The molecule has 0 saturated carbocycles. The molecule has 2 aromatic rings. The summed E-state index contributed by atoms with van der Waals surface area (Å²) in [5, 5.41) is 8.93. The SMILES string of the molecule is Cn1nc(OCC2CCCN2)c2ccccc21. The van der Waals surface area contributed by atoms with Gasteiger partial charge in [-0.2, -0.15) is 0 Å². The van der Waals surface area contributed by atoms with Gasteiger partial charge in [0.05, 0.1) is 10.9 Å². The zero-order chi connectivity index (χ0) is 11.7. The van der Waals surface area contributed by atoms with Gasteiger partial charge < -0.3 is 10.1 Å². The van der Waals surface area contributed by atoms with E-state index in [0.29, 0.717) is 12.6 Å². The zero-order valence-electron chi connectivity index (χ0n) is 10.0. The largest absolute Gasteiger partial charge is 0.475 e. The van der Waals surface area contributed by atoms with Gasteiger partial charge in [-0.3, -0.25) is 4.68 Å². The summed E-state index contributed by atoms with van der Waals surface area (Å²) in [5.41, 5.74) is 1.11. The predicted octanol–water partition coefficient (Wildman–Crippen LogP) is 1.70. The van der Waals surface area contributed by atoms with Crippen molar-refractivity contribution in [2.24, 2.45) is 7.05 Å². The molecule has 0 radical (unpaired) electrons. The Morgan fingerprint density at radius 1 is 1.47 bits per heavy atom. The van der Waals surface area contributed by atoms with Gasteiger partial charge in [0.1, 0.15) is 6.61 Å². The van der Waals surface area contributed by atoms with E-state index in [1.54, 1.807) is 0 Å². The van der Waals surface area contributed by atoms with Crippen LogP contribution in [0.3, 0.4) is 0 Å². The second-order valence-electron chi connectivity index (χ2n) is 4.55. The Morgan fingerprint density at radius 3 is 3.18 bits per heavy atom. The molecule has 17 heavy (non-hydrogen) atoms. The highest BCUT2D eigenvalue weighted by molar-refractivity contribution is 5.84. The Balaban J connectivity index is 1.80. The molecule has 1 aliphatic rings. The van der Waals surface area contributed by atoms with Crippen LogP contribution in [0.4, 0.5) is 0 Å². The van der Waals surface area contributed by atoms with E-state index in [1.807, 2.05) is 23.9 Å². The predicted molar refractivity (Wildman–Crippen MR) is 67.2 cm³/mol. The van der Waals surface area contributed by atoms with E-state index in [1.165, 1.54) is 12.8 Å². The van der Waals surface area contributed by atoms with E-state index in [0.717, 1.165) is 23.3 Å². The summed E-state index contributed by atoms with van der Waals surface area (Å²) in [7, 11) is 1.95. The fourth-order valence-electron chi connectivity index (χ4n) is 2.37. The summed E-state index contributed by atoms with van der Waals surface area (Å²) in [5.74, 6) is 0.747. The molecule has 90 valence electrons. The van der Waals surface area contributed by atoms with Gasteiger partial charge in [0.2, 0.25) is 5.88 Å². The van der Waals surface area contributed by atoms with Crippen molar-refractivity contribution in [1.82, 2.24) is 15.1 Å². The molecule has 0 bridgehead atoms. The summed E-state index contributed by atoms with van der Waals surface area (Å²) in [4.78, 5) is 0. The van der Waals surface area contributed by atoms with Crippen molar-refractivity contribution < 1.29 is 4.74 Å². The Morgan fingerprint density at radius 2 is 2.35 bits per heavy atom. The number of fused-ring (bicyclic) bond motifs is 1. The minimum atomic E-state index is 0.482. The zero-order valence-corrected chi connectivity index (χ0v) is 10.0. The Hall–Kier alpha value is -1.55. The molecule has 1 saturated heterocycles. The third kappa shape index (κ3) is 2.00. The highest BCUT2D eigenvalue weighted by Crippen LogP contribution is 2.24. The van der Waals surface area contributed by atoms with E-state index in [2.05, 4.69) is 22.5 Å². The number of aromatic nitrogens is 2.